The average molecular weight is 248 g/mol. The molecular formula is C13H16N2O3. The molecule has 18 heavy (non-hydrogen) atoms. The summed E-state index contributed by atoms with van der Waals surface area (Å²) in [4.78, 5) is 11.3. The van der Waals surface area contributed by atoms with Crippen LogP contribution in [0, 0.1) is 0 Å². The number of fused-ring (bicyclic) bond motifs is 1. The lowest BCUT2D eigenvalue weighted by molar-refractivity contribution is -0.121. The SMILES string of the molecule is CCCCC(=O)N/N=C\c1ccc2c(c1)OCO2. The highest BCUT2D eigenvalue weighted by Gasteiger charge is 2.12. The molecule has 1 aliphatic heterocycles. The van der Waals surface area contributed by atoms with Crippen LogP contribution in [0.15, 0.2) is 23.3 Å². The molecule has 0 saturated carbocycles. The molecule has 0 fully saturated rings. The summed E-state index contributed by atoms with van der Waals surface area (Å²) in [5.41, 5.74) is 3.35. The Labute approximate surface area is 106 Å². The highest BCUT2D eigenvalue weighted by Crippen LogP contribution is 2.31. The van der Waals surface area contributed by atoms with Crippen LogP contribution in [-0.4, -0.2) is 18.9 Å². The number of hydrogen-bond donors (Lipinski definition) is 1. The Morgan fingerprint density at radius 1 is 1.44 bits per heavy atom. The summed E-state index contributed by atoms with van der Waals surface area (Å²) in [7, 11) is 0. The van der Waals surface area contributed by atoms with Crippen LogP contribution < -0.4 is 14.9 Å². The first kappa shape index (κ1) is 12.4. The van der Waals surface area contributed by atoms with Crippen molar-refractivity contribution >= 4 is 12.1 Å². The van der Waals surface area contributed by atoms with Gasteiger partial charge in [-0.3, -0.25) is 4.79 Å². The first-order chi connectivity index (χ1) is 8.79. The second-order valence-corrected chi connectivity index (χ2v) is 4.01. The highest BCUT2D eigenvalue weighted by atomic mass is 16.7. The number of amides is 1. The molecule has 0 unspecified atom stereocenters. The van der Waals surface area contributed by atoms with Crippen molar-refractivity contribution < 1.29 is 14.3 Å². The molecule has 0 saturated heterocycles. The van der Waals surface area contributed by atoms with Crippen LogP contribution in [0.1, 0.15) is 31.7 Å². The zero-order valence-corrected chi connectivity index (χ0v) is 10.3. The van der Waals surface area contributed by atoms with Crippen LogP contribution in [0.4, 0.5) is 0 Å². The van der Waals surface area contributed by atoms with E-state index in [9.17, 15) is 4.79 Å². The Balaban J connectivity index is 1.87. The summed E-state index contributed by atoms with van der Waals surface area (Å²) in [6.45, 7) is 2.30. The molecule has 1 aromatic rings. The molecule has 0 bridgehead atoms. The third-order valence-corrected chi connectivity index (χ3v) is 2.56. The van der Waals surface area contributed by atoms with Gasteiger partial charge in [-0.25, -0.2) is 5.43 Å². The van der Waals surface area contributed by atoms with Gasteiger partial charge in [0.15, 0.2) is 11.5 Å². The van der Waals surface area contributed by atoms with Crippen molar-refractivity contribution in [2.24, 2.45) is 5.10 Å². The van der Waals surface area contributed by atoms with Crippen molar-refractivity contribution in [2.45, 2.75) is 26.2 Å². The van der Waals surface area contributed by atoms with Crippen LogP contribution in [0.25, 0.3) is 0 Å². The Kier molecular flexibility index (Phi) is 4.17. The minimum absolute atomic E-state index is 0.0613. The fourth-order valence-corrected chi connectivity index (χ4v) is 1.57. The van der Waals surface area contributed by atoms with E-state index in [-0.39, 0.29) is 12.7 Å². The fraction of sp³-hybridized carbons (Fsp3) is 0.385. The standard InChI is InChI=1S/C13H16N2O3/c1-2-3-4-13(16)15-14-8-10-5-6-11-12(7-10)18-9-17-11/h5-8H,2-4,9H2,1H3,(H,15,16)/b14-8-. The molecule has 0 aromatic heterocycles. The van der Waals surface area contributed by atoms with Gasteiger partial charge in [0.25, 0.3) is 0 Å². The summed E-state index contributed by atoms with van der Waals surface area (Å²) in [6.07, 6.45) is 3.98. The van der Waals surface area contributed by atoms with Gasteiger partial charge in [-0.1, -0.05) is 13.3 Å². The summed E-state index contributed by atoms with van der Waals surface area (Å²) in [5.74, 6) is 1.38. The maximum atomic E-state index is 11.3. The molecular weight excluding hydrogens is 232 g/mol. The van der Waals surface area contributed by atoms with E-state index >= 15 is 0 Å². The number of nitrogens with one attached hydrogen (secondary N) is 1. The molecule has 1 aromatic carbocycles. The maximum Gasteiger partial charge on any atom is 0.240 e. The molecule has 1 heterocycles. The Bertz CT molecular complexity index is 458. The zero-order chi connectivity index (χ0) is 12.8. The average Bonchev–Trinajstić information content (AvgIpc) is 2.83. The van der Waals surface area contributed by atoms with Crippen molar-refractivity contribution in [3.05, 3.63) is 23.8 Å². The minimum Gasteiger partial charge on any atom is -0.454 e. The van der Waals surface area contributed by atoms with Crippen molar-refractivity contribution in [2.75, 3.05) is 6.79 Å². The zero-order valence-electron chi connectivity index (χ0n) is 10.3. The number of rotatable bonds is 5. The Hall–Kier alpha value is -2.04. The monoisotopic (exact) mass is 248 g/mol. The van der Waals surface area contributed by atoms with Gasteiger partial charge in [0.05, 0.1) is 6.21 Å². The third kappa shape index (κ3) is 3.23. The van der Waals surface area contributed by atoms with Crippen molar-refractivity contribution in [1.29, 1.82) is 0 Å². The smallest absolute Gasteiger partial charge is 0.240 e. The van der Waals surface area contributed by atoms with Gasteiger partial charge in [-0.15, -0.1) is 0 Å². The second kappa shape index (κ2) is 6.05. The van der Waals surface area contributed by atoms with Crippen LogP contribution in [0.5, 0.6) is 11.5 Å². The molecule has 5 nitrogen and oxygen atoms in total. The molecule has 0 radical (unpaired) electrons. The van der Waals surface area contributed by atoms with E-state index in [1.807, 2.05) is 25.1 Å². The summed E-state index contributed by atoms with van der Waals surface area (Å²) < 4.78 is 10.5. The number of hydrazone groups is 1. The van der Waals surface area contributed by atoms with E-state index in [0.29, 0.717) is 12.2 Å². The first-order valence-electron chi connectivity index (χ1n) is 6.01. The summed E-state index contributed by atoms with van der Waals surface area (Å²) in [5, 5.41) is 3.90. The van der Waals surface area contributed by atoms with Gasteiger partial charge in [-0.05, 0) is 30.2 Å². The molecule has 0 atom stereocenters. The Morgan fingerprint density at radius 2 is 2.28 bits per heavy atom. The van der Waals surface area contributed by atoms with Gasteiger partial charge >= 0.3 is 0 Å². The predicted octanol–water partition coefficient (Wildman–Crippen LogP) is 2.06. The topological polar surface area (TPSA) is 59.9 Å². The molecule has 1 amide bonds. The predicted molar refractivity (Wildman–Crippen MR) is 67.8 cm³/mol. The number of carbonyl (C=O) groups excluding carboxylic acids is 1. The van der Waals surface area contributed by atoms with Crippen LogP contribution >= 0.6 is 0 Å². The lowest BCUT2D eigenvalue weighted by atomic mass is 10.2. The number of unbranched alkanes of at least 4 members (excludes halogenated alkanes) is 1. The van der Waals surface area contributed by atoms with E-state index in [0.717, 1.165) is 24.2 Å². The van der Waals surface area contributed by atoms with Crippen molar-refractivity contribution in [3.63, 3.8) is 0 Å². The fourth-order valence-electron chi connectivity index (χ4n) is 1.57. The second-order valence-electron chi connectivity index (χ2n) is 4.01. The highest BCUT2D eigenvalue weighted by molar-refractivity contribution is 5.83. The van der Waals surface area contributed by atoms with E-state index in [1.54, 1.807) is 6.21 Å². The van der Waals surface area contributed by atoms with Crippen LogP contribution in [-0.2, 0) is 4.79 Å². The number of benzene rings is 1. The minimum atomic E-state index is -0.0613. The molecule has 2 rings (SSSR count). The molecule has 96 valence electrons. The van der Waals surface area contributed by atoms with Crippen molar-refractivity contribution in [3.8, 4) is 11.5 Å². The quantitative estimate of drug-likeness (QED) is 0.641. The lowest BCUT2D eigenvalue weighted by Gasteiger charge is -1.99. The largest absolute Gasteiger partial charge is 0.454 e. The molecule has 0 aliphatic carbocycles. The number of hydrogen-bond acceptors (Lipinski definition) is 4. The molecule has 0 spiro atoms. The maximum absolute atomic E-state index is 11.3. The van der Waals surface area contributed by atoms with Gasteiger partial charge in [0.2, 0.25) is 12.7 Å². The number of carbonyl (C=O) groups is 1. The normalized spacial score (nSPS) is 12.9. The van der Waals surface area contributed by atoms with E-state index in [2.05, 4.69) is 10.5 Å². The lowest BCUT2D eigenvalue weighted by Crippen LogP contribution is -2.16. The molecule has 5 heteroatoms. The van der Waals surface area contributed by atoms with Gasteiger partial charge in [0.1, 0.15) is 0 Å². The van der Waals surface area contributed by atoms with Crippen LogP contribution in [0.3, 0.4) is 0 Å². The first-order valence-corrected chi connectivity index (χ1v) is 6.01. The third-order valence-electron chi connectivity index (χ3n) is 2.56. The van der Waals surface area contributed by atoms with Gasteiger partial charge < -0.3 is 9.47 Å². The molecule has 1 aliphatic rings. The Morgan fingerprint density at radius 3 is 3.11 bits per heavy atom. The van der Waals surface area contributed by atoms with Gasteiger partial charge in [-0.2, -0.15) is 5.10 Å². The van der Waals surface area contributed by atoms with E-state index in [4.69, 9.17) is 9.47 Å². The van der Waals surface area contributed by atoms with E-state index < -0.39 is 0 Å². The number of ether oxygens (including phenoxy) is 2. The summed E-state index contributed by atoms with van der Waals surface area (Å²) in [6, 6.07) is 5.50. The number of nitrogens with zero attached hydrogens (tertiary/aromatic N) is 1. The molecule has 1 N–H and O–H groups in total. The van der Waals surface area contributed by atoms with Crippen LogP contribution in [0.2, 0.25) is 0 Å². The van der Waals surface area contributed by atoms with Crippen molar-refractivity contribution in [1.82, 2.24) is 5.43 Å². The van der Waals surface area contributed by atoms with Gasteiger partial charge in [0, 0.05) is 6.42 Å². The van der Waals surface area contributed by atoms with E-state index in [1.165, 1.54) is 0 Å². The summed E-state index contributed by atoms with van der Waals surface area (Å²) >= 11 is 0.